The molecule has 7 atom stereocenters. The van der Waals surface area contributed by atoms with E-state index in [1.54, 1.807) is 6.07 Å². The highest BCUT2D eigenvalue weighted by Gasteiger charge is 2.52. The van der Waals surface area contributed by atoms with E-state index in [0.29, 0.717) is 25.0 Å². The van der Waals surface area contributed by atoms with Gasteiger partial charge < -0.3 is 34.4 Å². The Morgan fingerprint density at radius 1 is 1.13 bits per heavy atom. The molecule has 5 rings (SSSR count). The molecule has 0 spiro atoms. The summed E-state index contributed by atoms with van der Waals surface area (Å²) in [6.07, 6.45) is -2.93. The number of nitrogens with zero attached hydrogens (tertiary/aromatic N) is 5. The molecule has 3 aromatic rings. The number of methoxy groups -OCH3 is 2. The molecule has 1 saturated heterocycles. The Hall–Kier alpha value is -4.07. The first kappa shape index (κ1) is 32.3. The van der Waals surface area contributed by atoms with Crippen molar-refractivity contribution in [3.05, 3.63) is 59.5 Å². The number of amides is 1. The van der Waals surface area contributed by atoms with Crippen LogP contribution in [0.2, 0.25) is 0 Å². The second kappa shape index (κ2) is 13.5. The fourth-order valence-corrected chi connectivity index (χ4v) is 6.03. The van der Waals surface area contributed by atoms with E-state index in [4.69, 9.17) is 14.2 Å². The van der Waals surface area contributed by atoms with Crippen molar-refractivity contribution in [2.75, 3.05) is 25.7 Å². The molecule has 2 aromatic carbocycles. The summed E-state index contributed by atoms with van der Waals surface area (Å²) in [7, 11) is 2.68. The van der Waals surface area contributed by atoms with Gasteiger partial charge in [0.15, 0.2) is 23.6 Å². The highest BCUT2D eigenvalue weighted by Crippen LogP contribution is 2.37. The molecule has 12 nitrogen and oxygen atoms in total. The van der Waals surface area contributed by atoms with E-state index in [-0.39, 0.29) is 22.5 Å². The van der Waals surface area contributed by atoms with Crippen LogP contribution in [0, 0.1) is 28.8 Å². The molecule has 2 heterocycles. The molecule has 3 N–H and O–H groups in total. The van der Waals surface area contributed by atoms with Crippen LogP contribution in [-0.4, -0.2) is 93.6 Å². The number of carbonyl (C=O) groups excluding carboxylic acids is 1. The molecule has 2 fully saturated rings. The molecule has 5 unspecified atom stereocenters. The topological polar surface area (TPSA) is 163 Å². The van der Waals surface area contributed by atoms with E-state index in [0.717, 1.165) is 23.2 Å². The van der Waals surface area contributed by atoms with Crippen LogP contribution in [0.15, 0.2) is 36.5 Å². The van der Waals surface area contributed by atoms with Gasteiger partial charge in [-0.2, -0.15) is 5.26 Å². The van der Waals surface area contributed by atoms with Crippen molar-refractivity contribution in [1.29, 1.82) is 5.26 Å². The maximum absolute atomic E-state index is 14.5. The van der Waals surface area contributed by atoms with Gasteiger partial charge in [-0.15, -0.1) is 5.10 Å². The first-order valence-corrected chi connectivity index (χ1v) is 14.3. The van der Waals surface area contributed by atoms with E-state index in [1.165, 1.54) is 37.4 Å². The molecule has 1 amide bonds. The van der Waals surface area contributed by atoms with Crippen molar-refractivity contribution in [2.45, 2.75) is 68.3 Å². The van der Waals surface area contributed by atoms with E-state index in [9.17, 15) is 38.5 Å². The number of ether oxygens (including phenoxy) is 3. The van der Waals surface area contributed by atoms with Gasteiger partial charge in [0, 0.05) is 24.4 Å². The Kier molecular flexibility index (Phi) is 9.70. The summed E-state index contributed by atoms with van der Waals surface area (Å²) in [6.45, 7) is -0.711. The summed E-state index contributed by atoms with van der Waals surface area (Å²) in [5, 5.41) is 49.9. The van der Waals surface area contributed by atoms with Crippen LogP contribution in [0.4, 0.5) is 18.9 Å². The smallest absolute Gasteiger partial charge is 0.259 e. The van der Waals surface area contributed by atoms with Crippen molar-refractivity contribution >= 4 is 11.6 Å². The number of hydrogen-bond donors (Lipinski definition) is 3. The maximum atomic E-state index is 14.5. The molecule has 1 aliphatic carbocycles. The SMILES string of the molecule is COc1cc(C#N)cc(N(C(=O)C2OC(CO)C(O)C(n3cc(-c4cc(F)c(F)c(F)c4)nn3)C2OC)[C@H]2CCCC[C@@H]2O)c1. The summed E-state index contributed by atoms with van der Waals surface area (Å²) in [5.41, 5.74) is 0.248. The Bertz CT molecular complexity index is 1560. The van der Waals surface area contributed by atoms with E-state index < -0.39 is 72.6 Å². The standard InChI is InChI=1S/C30H32F3N5O7/c1-43-18-8-15(12-34)7-17(11-18)38(22-5-3-4-6-23(22)40)30(42)29-28(44-2)26(27(41)24(14-39)45-29)37-13-21(35-36-37)16-9-19(31)25(33)20(32)10-16/h7-11,13,22-24,26-29,39-41H,3-6,14H2,1-2H3/t22-,23-,24?,26?,27?,28?,29?/m0/s1. The third kappa shape index (κ3) is 6.24. The minimum atomic E-state index is -1.65. The van der Waals surface area contributed by atoms with Crippen molar-refractivity contribution < 1.29 is 47.5 Å². The van der Waals surface area contributed by atoms with E-state index in [1.807, 2.05) is 6.07 Å². The fraction of sp³-hybridized carbons (Fsp3) is 0.467. The van der Waals surface area contributed by atoms with Crippen molar-refractivity contribution in [2.24, 2.45) is 0 Å². The summed E-state index contributed by atoms with van der Waals surface area (Å²) in [6, 6.07) is 6.10. The fourth-order valence-electron chi connectivity index (χ4n) is 6.03. The summed E-state index contributed by atoms with van der Waals surface area (Å²) >= 11 is 0. The van der Waals surface area contributed by atoms with Gasteiger partial charge in [-0.1, -0.05) is 18.1 Å². The monoisotopic (exact) mass is 631 g/mol. The molecule has 15 heteroatoms. The zero-order chi connectivity index (χ0) is 32.4. The number of anilines is 1. The number of nitriles is 1. The van der Waals surface area contributed by atoms with Crippen LogP contribution in [0.3, 0.4) is 0 Å². The normalized spacial score (nSPS) is 26.7. The Balaban J connectivity index is 1.57. The number of rotatable bonds is 8. The van der Waals surface area contributed by atoms with Crippen LogP contribution >= 0.6 is 0 Å². The number of aliphatic hydroxyl groups is 3. The molecule has 0 bridgehead atoms. The number of halogens is 3. The van der Waals surface area contributed by atoms with E-state index >= 15 is 0 Å². The van der Waals surface area contributed by atoms with Gasteiger partial charge in [-0.05, 0) is 37.1 Å². The van der Waals surface area contributed by atoms with E-state index in [2.05, 4.69) is 10.3 Å². The number of benzene rings is 2. The summed E-state index contributed by atoms with van der Waals surface area (Å²) in [5.74, 6) is -4.92. The Morgan fingerprint density at radius 2 is 1.84 bits per heavy atom. The van der Waals surface area contributed by atoms with Gasteiger partial charge in [0.1, 0.15) is 35.8 Å². The van der Waals surface area contributed by atoms with Gasteiger partial charge in [0.25, 0.3) is 5.91 Å². The molecular weight excluding hydrogens is 599 g/mol. The van der Waals surface area contributed by atoms with Gasteiger partial charge in [0.2, 0.25) is 0 Å². The molecule has 240 valence electrons. The molecule has 45 heavy (non-hydrogen) atoms. The van der Waals surface area contributed by atoms with Gasteiger partial charge in [-0.3, -0.25) is 4.79 Å². The maximum Gasteiger partial charge on any atom is 0.259 e. The lowest BCUT2D eigenvalue weighted by Crippen LogP contribution is -2.63. The lowest BCUT2D eigenvalue weighted by atomic mass is 9.88. The van der Waals surface area contributed by atoms with Crippen molar-refractivity contribution in [3.63, 3.8) is 0 Å². The van der Waals surface area contributed by atoms with Crippen LogP contribution < -0.4 is 9.64 Å². The average Bonchev–Trinajstić information content (AvgIpc) is 3.53. The minimum absolute atomic E-state index is 0.0721. The summed E-state index contributed by atoms with van der Waals surface area (Å²) in [4.78, 5) is 15.9. The zero-order valence-electron chi connectivity index (χ0n) is 24.4. The van der Waals surface area contributed by atoms with Gasteiger partial charge >= 0.3 is 0 Å². The average molecular weight is 632 g/mol. The summed E-state index contributed by atoms with van der Waals surface area (Å²) < 4.78 is 59.5. The molecule has 2 aliphatic rings. The highest BCUT2D eigenvalue weighted by molar-refractivity contribution is 5.98. The van der Waals surface area contributed by atoms with Crippen LogP contribution in [0.5, 0.6) is 5.75 Å². The number of hydrogen-bond acceptors (Lipinski definition) is 10. The Labute approximate surface area is 256 Å². The molecular formula is C30H32F3N5O7. The largest absolute Gasteiger partial charge is 0.497 e. The molecule has 1 aliphatic heterocycles. The van der Waals surface area contributed by atoms with Crippen LogP contribution in [0.1, 0.15) is 37.3 Å². The molecule has 1 saturated carbocycles. The first-order valence-electron chi connectivity index (χ1n) is 14.3. The minimum Gasteiger partial charge on any atom is -0.497 e. The third-order valence-corrected chi connectivity index (χ3v) is 8.28. The van der Waals surface area contributed by atoms with Crippen molar-refractivity contribution in [3.8, 4) is 23.1 Å². The predicted octanol–water partition coefficient (Wildman–Crippen LogP) is 2.26. The first-order chi connectivity index (χ1) is 21.6. The number of carbonyl (C=O) groups is 1. The predicted molar refractivity (Wildman–Crippen MR) is 150 cm³/mol. The van der Waals surface area contributed by atoms with Crippen molar-refractivity contribution in [1.82, 2.24) is 15.0 Å². The van der Waals surface area contributed by atoms with Gasteiger partial charge in [-0.25, -0.2) is 17.9 Å². The number of aliphatic hydroxyl groups excluding tert-OH is 3. The molecule has 1 aromatic heterocycles. The quantitative estimate of drug-likeness (QED) is 0.314. The molecule has 0 radical (unpaired) electrons. The zero-order valence-corrected chi connectivity index (χ0v) is 24.4. The number of aromatic nitrogens is 3. The van der Waals surface area contributed by atoms with Crippen LogP contribution in [0.25, 0.3) is 11.3 Å². The lowest BCUT2D eigenvalue weighted by Gasteiger charge is -2.46. The highest BCUT2D eigenvalue weighted by atomic mass is 19.2. The van der Waals surface area contributed by atoms with Gasteiger partial charge in [0.05, 0.1) is 43.7 Å². The third-order valence-electron chi connectivity index (χ3n) is 8.28. The lowest BCUT2D eigenvalue weighted by molar-refractivity contribution is -0.211. The Morgan fingerprint density at radius 3 is 2.47 bits per heavy atom. The second-order valence-corrected chi connectivity index (χ2v) is 11.0. The van der Waals surface area contributed by atoms with Crippen LogP contribution in [-0.2, 0) is 14.3 Å². The second-order valence-electron chi connectivity index (χ2n) is 11.0.